The molecule has 2 heterocycles. The van der Waals surface area contributed by atoms with Crippen molar-refractivity contribution < 1.29 is 0 Å². The van der Waals surface area contributed by atoms with Gasteiger partial charge >= 0.3 is 0 Å². The van der Waals surface area contributed by atoms with E-state index in [4.69, 9.17) is 0 Å². The minimum Gasteiger partial charge on any atom is -0.350 e. The largest absolute Gasteiger partial charge is 0.350 e. The molecule has 0 fully saturated rings. The van der Waals surface area contributed by atoms with E-state index in [0.717, 1.165) is 0 Å². The van der Waals surface area contributed by atoms with Gasteiger partial charge in [0.1, 0.15) is 4.83 Å². The van der Waals surface area contributed by atoms with Gasteiger partial charge < -0.3 is 4.98 Å². The Balaban J connectivity index is 2.75. The molecule has 2 aromatic heterocycles. The van der Waals surface area contributed by atoms with Crippen LogP contribution in [0.25, 0.3) is 10.2 Å². The lowest BCUT2D eigenvalue weighted by Gasteiger charge is -2.21. The van der Waals surface area contributed by atoms with E-state index in [9.17, 15) is 0 Å². The zero-order valence-electron chi connectivity index (χ0n) is 10.1. The summed E-state index contributed by atoms with van der Waals surface area (Å²) in [6.45, 7) is 11.4. The summed E-state index contributed by atoms with van der Waals surface area (Å²) in [5.74, 6) is 0.568. The van der Waals surface area contributed by atoms with Gasteiger partial charge in [0, 0.05) is 11.1 Å². The van der Waals surface area contributed by atoms with Gasteiger partial charge in [0.25, 0.3) is 0 Å². The van der Waals surface area contributed by atoms with Crippen molar-refractivity contribution in [2.75, 3.05) is 0 Å². The van der Waals surface area contributed by atoms with E-state index >= 15 is 0 Å². The van der Waals surface area contributed by atoms with E-state index < -0.39 is 0 Å². The molecule has 0 atom stereocenters. The van der Waals surface area contributed by atoms with E-state index in [1.54, 1.807) is 11.3 Å². The van der Waals surface area contributed by atoms with Crippen LogP contribution in [0, 0.1) is 0 Å². The Bertz CT molecular complexity index is 468. The Hall–Kier alpha value is -0.760. The third kappa shape index (κ3) is 1.71. The number of nitrogens with one attached hydrogen (secondary N) is 1. The minimum atomic E-state index is 0.221. The standard InChI is InChI=1S/C13H19NS/c1-8(2)11-10(13(3,4)5)9-6-7-15-12(9)14-11/h6-8,14H,1-5H3. The highest BCUT2D eigenvalue weighted by Crippen LogP contribution is 2.38. The Morgan fingerprint density at radius 3 is 2.47 bits per heavy atom. The lowest BCUT2D eigenvalue weighted by Crippen LogP contribution is -2.13. The van der Waals surface area contributed by atoms with Crippen LogP contribution in [0.2, 0.25) is 0 Å². The molecule has 82 valence electrons. The minimum absolute atomic E-state index is 0.221. The third-order valence-electron chi connectivity index (χ3n) is 2.78. The SMILES string of the molecule is CC(C)c1[nH]c2sccc2c1C(C)(C)C. The molecule has 0 radical (unpaired) electrons. The highest BCUT2D eigenvalue weighted by atomic mass is 32.1. The molecule has 0 saturated heterocycles. The quantitative estimate of drug-likeness (QED) is 0.721. The molecule has 2 heteroatoms. The zero-order valence-corrected chi connectivity index (χ0v) is 11.0. The molecule has 0 aliphatic rings. The lowest BCUT2D eigenvalue weighted by molar-refractivity contribution is 0.581. The molecule has 0 spiro atoms. The van der Waals surface area contributed by atoms with Gasteiger partial charge in [-0.2, -0.15) is 0 Å². The highest BCUT2D eigenvalue weighted by molar-refractivity contribution is 7.16. The summed E-state index contributed by atoms with van der Waals surface area (Å²) < 4.78 is 0. The van der Waals surface area contributed by atoms with Gasteiger partial charge in [-0.1, -0.05) is 34.6 Å². The van der Waals surface area contributed by atoms with Gasteiger partial charge in [-0.05, 0) is 28.3 Å². The fourth-order valence-electron chi connectivity index (χ4n) is 2.17. The van der Waals surface area contributed by atoms with Gasteiger partial charge in [0.15, 0.2) is 0 Å². The predicted molar refractivity (Wildman–Crippen MR) is 69.0 cm³/mol. The van der Waals surface area contributed by atoms with Gasteiger partial charge in [0.05, 0.1) is 0 Å². The first-order valence-electron chi connectivity index (χ1n) is 5.51. The molecule has 1 N–H and O–H groups in total. The average molecular weight is 221 g/mol. The summed E-state index contributed by atoms with van der Waals surface area (Å²) in [6, 6.07) is 2.24. The molecule has 0 bridgehead atoms. The van der Waals surface area contributed by atoms with Crippen LogP contribution in [0.15, 0.2) is 11.4 Å². The number of fused-ring (bicyclic) bond motifs is 1. The summed E-state index contributed by atoms with van der Waals surface area (Å²) in [5, 5.41) is 3.58. The number of H-pyrrole nitrogens is 1. The Morgan fingerprint density at radius 1 is 1.27 bits per heavy atom. The second kappa shape index (κ2) is 3.38. The number of aromatic amines is 1. The molecule has 15 heavy (non-hydrogen) atoms. The molecule has 0 saturated carbocycles. The smallest absolute Gasteiger partial charge is 0.100 e. The normalized spacial score (nSPS) is 12.9. The fraction of sp³-hybridized carbons (Fsp3) is 0.538. The van der Waals surface area contributed by atoms with Gasteiger partial charge in [-0.15, -0.1) is 11.3 Å². The van der Waals surface area contributed by atoms with Crippen molar-refractivity contribution in [1.29, 1.82) is 0 Å². The zero-order chi connectivity index (χ0) is 11.2. The molecule has 0 aliphatic carbocycles. The molecule has 0 unspecified atom stereocenters. The summed E-state index contributed by atoms with van der Waals surface area (Å²) >= 11 is 1.80. The first kappa shape index (κ1) is 10.7. The lowest BCUT2D eigenvalue weighted by atomic mass is 9.83. The average Bonchev–Trinajstić information content (AvgIpc) is 2.56. The topological polar surface area (TPSA) is 15.8 Å². The van der Waals surface area contributed by atoms with E-state index in [0.29, 0.717) is 5.92 Å². The van der Waals surface area contributed by atoms with Crippen molar-refractivity contribution in [1.82, 2.24) is 4.98 Å². The van der Waals surface area contributed by atoms with E-state index in [1.165, 1.54) is 21.5 Å². The molecule has 1 nitrogen and oxygen atoms in total. The van der Waals surface area contributed by atoms with Crippen molar-refractivity contribution in [2.24, 2.45) is 0 Å². The van der Waals surface area contributed by atoms with Crippen LogP contribution in [0.5, 0.6) is 0 Å². The Kier molecular flexibility index (Phi) is 2.42. The number of rotatable bonds is 1. The van der Waals surface area contributed by atoms with E-state index in [2.05, 4.69) is 51.0 Å². The molecular weight excluding hydrogens is 202 g/mol. The third-order valence-corrected chi connectivity index (χ3v) is 3.61. The van der Waals surface area contributed by atoms with Crippen LogP contribution < -0.4 is 0 Å². The van der Waals surface area contributed by atoms with Crippen molar-refractivity contribution >= 4 is 21.6 Å². The summed E-state index contributed by atoms with van der Waals surface area (Å²) in [5.41, 5.74) is 3.12. The van der Waals surface area contributed by atoms with Crippen LogP contribution in [0.4, 0.5) is 0 Å². The second-order valence-electron chi connectivity index (χ2n) is 5.48. The fourth-order valence-corrected chi connectivity index (χ4v) is 2.98. The Labute approximate surface area is 95.5 Å². The van der Waals surface area contributed by atoms with E-state index in [1.807, 2.05) is 0 Å². The van der Waals surface area contributed by atoms with Gasteiger partial charge in [-0.25, -0.2) is 0 Å². The van der Waals surface area contributed by atoms with Crippen molar-refractivity contribution in [3.63, 3.8) is 0 Å². The number of hydrogen-bond donors (Lipinski definition) is 1. The molecule has 0 amide bonds. The summed E-state index contributed by atoms with van der Waals surface area (Å²) in [7, 11) is 0. The van der Waals surface area contributed by atoms with Crippen molar-refractivity contribution in [2.45, 2.75) is 46.0 Å². The molecular formula is C13H19NS. The first-order chi connectivity index (χ1) is 6.91. The van der Waals surface area contributed by atoms with Crippen LogP contribution in [0.3, 0.4) is 0 Å². The first-order valence-corrected chi connectivity index (χ1v) is 6.38. The number of aromatic nitrogens is 1. The maximum absolute atomic E-state index is 3.57. The van der Waals surface area contributed by atoms with Crippen LogP contribution in [-0.4, -0.2) is 4.98 Å². The van der Waals surface area contributed by atoms with Gasteiger partial charge in [0.2, 0.25) is 0 Å². The second-order valence-corrected chi connectivity index (χ2v) is 6.40. The van der Waals surface area contributed by atoms with Crippen LogP contribution >= 0.6 is 11.3 Å². The molecule has 0 aromatic carbocycles. The van der Waals surface area contributed by atoms with E-state index in [-0.39, 0.29) is 5.41 Å². The van der Waals surface area contributed by atoms with Crippen LogP contribution in [0.1, 0.15) is 51.8 Å². The molecule has 2 rings (SSSR count). The number of hydrogen-bond acceptors (Lipinski definition) is 1. The van der Waals surface area contributed by atoms with Crippen LogP contribution in [-0.2, 0) is 5.41 Å². The highest BCUT2D eigenvalue weighted by Gasteiger charge is 2.24. The maximum atomic E-state index is 3.57. The monoisotopic (exact) mass is 221 g/mol. The molecule has 2 aromatic rings. The predicted octanol–water partition coefficient (Wildman–Crippen LogP) is 4.65. The molecule has 0 aliphatic heterocycles. The summed E-state index contributed by atoms with van der Waals surface area (Å²) in [6.07, 6.45) is 0. The van der Waals surface area contributed by atoms with Crippen molar-refractivity contribution in [3.05, 3.63) is 22.7 Å². The number of thiophene rings is 1. The van der Waals surface area contributed by atoms with Gasteiger partial charge in [-0.3, -0.25) is 0 Å². The summed E-state index contributed by atoms with van der Waals surface area (Å²) in [4.78, 5) is 4.89. The Morgan fingerprint density at radius 2 is 1.93 bits per heavy atom. The van der Waals surface area contributed by atoms with Crippen molar-refractivity contribution in [3.8, 4) is 0 Å². The maximum Gasteiger partial charge on any atom is 0.100 e.